The van der Waals surface area contributed by atoms with Crippen molar-refractivity contribution < 1.29 is 9.47 Å². The third-order valence-corrected chi connectivity index (χ3v) is 2.68. The van der Waals surface area contributed by atoms with Gasteiger partial charge in [0, 0.05) is 11.1 Å². The van der Waals surface area contributed by atoms with Crippen LogP contribution in [0.25, 0.3) is 0 Å². The summed E-state index contributed by atoms with van der Waals surface area (Å²) < 4.78 is 11.5. The van der Waals surface area contributed by atoms with Gasteiger partial charge in [0.15, 0.2) is 0 Å². The van der Waals surface area contributed by atoms with Crippen molar-refractivity contribution in [1.29, 1.82) is 0 Å². The summed E-state index contributed by atoms with van der Waals surface area (Å²) >= 11 is 0. The Labute approximate surface area is 94.4 Å². The van der Waals surface area contributed by atoms with Crippen LogP contribution in [0.2, 0.25) is 0 Å². The maximum absolute atomic E-state index is 5.90. The molecule has 0 N–H and O–H groups in total. The van der Waals surface area contributed by atoms with E-state index in [1.54, 1.807) is 0 Å². The number of rotatable bonds is 0. The standard InChI is InChI=1S/C14H12O2/c1-3-7-13-11(5-1)9-15-10-12-6-2-4-8-14(12)16-13/h1-8H,9-10H2. The average molecular weight is 212 g/mol. The van der Waals surface area contributed by atoms with Crippen LogP contribution in [-0.4, -0.2) is 0 Å². The van der Waals surface area contributed by atoms with Crippen molar-refractivity contribution in [2.75, 3.05) is 0 Å². The minimum Gasteiger partial charge on any atom is -0.457 e. The number of benzene rings is 2. The number of fused-ring (bicyclic) bond motifs is 2. The highest BCUT2D eigenvalue weighted by molar-refractivity contribution is 5.41. The SMILES string of the molecule is c1ccc2c(c1)COCc1ccccc1O2. The molecular weight excluding hydrogens is 200 g/mol. The van der Waals surface area contributed by atoms with Gasteiger partial charge in [-0.2, -0.15) is 0 Å². The summed E-state index contributed by atoms with van der Waals surface area (Å²) in [6.07, 6.45) is 0. The third-order valence-electron chi connectivity index (χ3n) is 2.68. The molecule has 1 heterocycles. The van der Waals surface area contributed by atoms with Gasteiger partial charge in [0.1, 0.15) is 11.5 Å². The Balaban J connectivity index is 2.06. The lowest BCUT2D eigenvalue weighted by Gasteiger charge is -2.17. The molecule has 0 amide bonds. The van der Waals surface area contributed by atoms with Gasteiger partial charge in [-0.15, -0.1) is 0 Å². The lowest BCUT2D eigenvalue weighted by Crippen LogP contribution is -2.02. The summed E-state index contributed by atoms with van der Waals surface area (Å²) in [6, 6.07) is 16.0. The van der Waals surface area contributed by atoms with E-state index in [-0.39, 0.29) is 0 Å². The van der Waals surface area contributed by atoms with Crippen molar-refractivity contribution in [1.82, 2.24) is 0 Å². The van der Waals surface area contributed by atoms with Gasteiger partial charge in [0.05, 0.1) is 13.2 Å². The molecule has 16 heavy (non-hydrogen) atoms. The predicted molar refractivity (Wildman–Crippen MR) is 61.5 cm³/mol. The van der Waals surface area contributed by atoms with E-state index in [1.165, 1.54) is 0 Å². The second-order valence-corrected chi connectivity index (χ2v) is 3.81. The van der Waals surface area contributed by atoms with Crippen LogP contribution >= 0.6 is 0 Å². The van der Waals surface area contributed by atoms with E-state index in [9.17, 15) is 0 Å². The first-order chi connectivity index (χ1) is 7.93. The monoisotopic (exact) mass is 212 g/mol. The Morgan fingerprint density at radius 2 is 1.19 bits per heavy atom. The van der Waals surface area contributed by atoms with Crippen LogP contribution in [0.15, 0.2) is 48.5 Å². The van der Waals surface area contributed by atoms with Crippen molar-refractivity contribution in [2.45, 2.75) is 13.2 Å². The lowest BCUT2D eigenvalue weighted by atomic mass is 10.1. The van der Waals surface area contributed by atoms with E-state index in [0.29, 0.717) is 13.2 Å². The number of hydrogen-bond acceptors (Lipinski definition) is 2. The topological polar surface area (TPSA) is 18.5 Å². The van der Waals surface area contributed by atoms with E-state index in [1.807, 2.05) is 48.5 Å². The Bertz CT molecular complexity index is 460. The third kappa shape index (κ3) is 1.68. The average Bonchev–Trinajstić information content (AvgIpc) is 2.29. The van der Waals surface area contributed by atoms with Crippen molar-refractivity contribution in [3.05, 3.63) is 59.7 Å². The molecule has 0 unspecified atom stereocenters. The van der Waals surface area contributed by atoms with Gasteiger partial charge < -0.3 is 9.47 Å². The zero-order valence-corrected chi connectivity index (χ0v) is 8.85. The Morgan fingerprint density at radius 3 is 1.75 bits per heavy atom. The molecule has 0 radical (unpaired) electrons. The molecule has 0 saturated heterocycles. The minimum absolute atomic E-state index is 0.602. The van der Waals surface area contributed by atoms with E-state index in [2.05, 4.69) is 0 Å². The Kier molecular flexibility index (Phi) is 2.35. The summed E-state index contributed by atoms with van der Waals surface area (Å²) in [7, 11) is 0. The molecule has 0 bridgehead atoms. The molecule has 2 aromatic rings. The first-order valence-electron chi connectivity index (χ1n) is 5.35. The van der Waals surface area contributed by atoms with Crippen molar-refractivity contribution in [3.8, 4) is 11.5 Å². The van der Waals surface area contributed by atoms with Crippen LogP contribution in [-0.2, 0) is 18.0 Å². The molecular formula is C14H12O2. The van der Waals surface area contributed by atoms with E-state index >= 15 is 0 Å². The molecule has 0 saturated carbocycles. The summed E-state index contributed by atoms with van der Waals surface area (Å²) in [5, 5.41) is 0. The van der Waals surface area contributed by atoms with Crippen LogP contribution in [0.5, 0.6) is 11.5 Å². The quantitative estimate of drug-likeness (QED) is 0.665. The molecule has 0 aliphatic carbocycles. The zero-order valence-electron chi connectivity index (χ0n) is 8.85. The fourth-order valence-corrected chi connectivity index (χ4v) is 1.83. The van der Waals surface area contributed by atoms with Crippen LogP contribution in [0, 0.1) is 0 Å². The zero-order chi connectivity index (χ0) is 10.8. The van der Waals surface area contributed by atoms with Crippen LogP contribution in [0.3, 0.4) is 0 Å². The molecule has 3 rings (SSSR count). The minimum atomic E-state index is 0.602. The van der Waals surface area contributed by atoms with Gasteiger partial charge in [-0.25, -0.2) is 0 Å². The van der Waals surface area contributed by atoms with Gasteiger partial charge in [-0.3, -0.25) is 0 Å². The molecule has 2 nitrogen and oxygen atoms in total. The second-order valence-electron chi connectivity index (χ2n) is 3.81. The highest BCUT2D eigenvalue weighted by Gasteiger charge is 2.11. The molecule has 0 spiro atoms. The smallest absolute Gasteiger partial charge is 0.132 e. The fraction of sp³-hybridized carbons (Fsp3) is 0.143. The summed E-state index contributed by atoms with van der Waals surface area (Å²) in [5.41, 5.74) is 2.19. The summed E-state index contributed by atoms with van der Waals surface area (Å²) in [6.45, 7) is 1.20. The number of hydrogen-bond donors (Lipinski definition) is 0. The highest BCUT2D eigenvalue weighted by atomic mass is 16.5. The van der Waals surface area contributed by atoms with Gasteiger partial charge >= 0.3 is 0 Å². The van der Waals surface area contributed by atoms with Gasteiger partial charge in [0.2, 0.25) is 0 Å². The van der Waals surface area contributed by atoms with Crippen molar-refractivity contribution in [3.63, 3.8) is 0 Å². The largest absolute Gasteiger partial charge is 0.457 e. The van der Waals surface area contributed by atoms with Gasteiger partial charge in [-0.05, 0) is 12.1 Å². The fourth-order valence-electron chi connectivity index (χ4n) is 1.83. The molecule has 80 valence electrons. The molecule has 1 aliphatic heterocycles. The van der Waals surface area contributed by atoms with Crippen LogP contribution in [0.4, 0.5) is 0 Å². The van der Waals surface area contributed by atoms with Crippen molar-refractivity contribution in [2.24, 2.45) is 0 Å². The first kappa shape index (κ1) is 9.43. The maximum atomic E-state index is 5.90. The highest BCUT2D eigenvalue weighted by Crippen LogP contribution is 2.31. The first-order valence-corrected chi connectivity index (χ1v) is 5.35. The molecule has 0 fully saturated rings. The summed E-state index contributed by atoms with van der Waals surface area (Å²) in [4.78, 5) is 0. The van der Waals surface area contributed by atoms with Gasteiger partial charge in [-0.1, -0.05) is 36.4 Å². The van der Waals surface area contributed by atoms with Crippen molar-refractivity contribution >= 4 is 0 Å². The number of ether oxygens (including phenoxy) is 2. The van der Waals surface area contributed by atoms with E-state index in [0.717, 1.165) is 22.6 Å². The Hall–Kier alpha value is -1.80. The normalized spacial score (nSPS) is 14.0. The molecule has 2 heteroatoms. The van der Waals surface area contributed by atoms with Gasteiger partial charge in [0.25, 0.3) is 0 Å². The second kappa shape index (κ2) is 3.99. The van der Waals surface area contributed by atoms with E-state index < -0.39 is 0 Å². The van der Waals surface area contributed by atoms with E-state index in [4.69, 9.17) is 9.47 Å². The maximum Gasteiger partial charge on any atom is 0.132 e. The predicted octanol–water partition coefficient (Wildman–Crippen LogP) is 3.51. The molecule has 0 aromatic heterocycles. The van der Waals surface area contributed by atoms with Crippen LogP contribution < -0.4 is 4.74 Å². The lowest BCUT2D eigenvalue weighted by molar-refractivity contribution is 0.100. The molecule has 2 aromatic carbocycles. The van der Waals surface area contributed by atoms with Crippen LogP contribution in [0.1, 0.15) is 11.1 Å². The molecule has 0 atom stereocenters. The Morgan fingerprint density at radius 1 is 0.688 bits per heavy atom. The molecule has 1 aliphatic rings. The summed E-state index contributed by atoms with van der Waals surface area (Å²) in [5.74, 6) is 1.77. The number of para-hydroxylation sites is 2.